The summed E-state index contributed by atoms with van der Waals surface area (Å²) >= 11 is 0. The van der Waals surface area contributed by atoms with Crippen LogP contribution < -0.4 is 10.6 Å². The molecule has 1 aromatic heterocycles. The zero-order valence-electron chi connectivity index (χ0n) is 13.5. The zero-order valence-corrected chi connectivity index (χ0v) is 13.5. The van der Waals surface area contributed by atoms with Crippen molar-refractivity contribution in [3.63, 3.8) is 0 Å². The molecule has 3 unspecified atom stereocenters. The first-order chi connectivity index (χ1) is 10.2. The summed E-state index contributed by atoms with van der Waals surface area (Å²) in [6.07, 6.45) is 6.38. The highest BCUT2D eigenvalue weighted by Gasteiger charge is 2.29. The van der Waals surface area contributed by atoms with Gasteiger partial charge < -0.3 is 10.6 Å². The van der Waals surface area contributed by atoms with E-state index in [0.717, 1.165) is 35.8 Å². The molecule has 4 heteroatoms. The Kier molecular flexibility index (Phi) is 4.32. The maximum Gasteiger partial charge on any atom is 0.136 e. The number of aromatic nitrogens is 2. The van der Waals surface area contributed by atoms with Crippen LogP contribution in [0, 0.1) is 11.8 Å². The van der Waals surface area contributed by atoms with Crippen molar-refractivity contribution in [1.29, 1.82) is 0 Å². The van der Waals surface area contributed by atoms with Crippen LogP contribution in [0.15, 0.2) is 6.07 Å². The SMILES string of the molecule is CCNc1cc(NC2CCC(C)CC2C)nc(C2CC2)n1. The quantitative estimate of drug-likeness (QED) is 0.859. The van der Waals surface area contributed by atoms with Gasteiger partial charge in [-0.1, -0.05) is 13.8 Å². The van der Waals surface area contributed by atoms with E-state index in [1.54, 1.807) is 0 Å². The van der Waals surface area contributed by atoms with Gasteiger partial charge in [-0.3, -0.25) is 0 Å². The van der Waals surface area contributed by atoms with Crippen molar-refractivity contribution in [2.24, 2.45) is 11.8 Å². The fraction of sp³-hybridized carbons (Fsp3) is 0.765. The van der Waals surface area contributed by atoms with E-state index in [-0.39, 0.29) is 0 Å². The van der Waals surface area contributed by atoms with E-state index in [0.29, 0.717) is 12.0 Å². The molecule has 2 aliphatic rings. The molecular formula is C17H28N4. The first kappa shape index (κ1) is 14.6. The molecule has 21 heavy (non-hydrogen) atoms. The molecule has 3 atom stereocenters. The number of nitrogens with one attached hydrogen (secondary N) is 2. The molecular weight excluding hydrogens is 260 g/mol. The van der Waals surface area contributed by atoms with Crippen molar-refractivity contribution < 1.29 is 0 Å². The van der Waals surface area contributed by atoms with Crippen molar-refractivity contribution in [3.8, 4) is 0 Å². The molecule has 2 saturated carbocycles. The minimum absolute atomic E-state index is 0.553. The second kappa shape index (κ2) is 6.20. The highest BCUT2D eigenvalue weighted by Crippen LogP contribution is 2.39. The van der Waals surface area contributed by atoms with Crippen LogP contribution in [0.5, 0.6) is 0 Å². The molecule has 2 aliphatic carbocycles. The van der Waals surface area contributed by atoms with Gasteiger partial charge in [0.25, 0.3) is 0 Å². The lowest BCUT2D eigenvalue weighted by Gasteiger charge is -2.33. The van der Waals surface area contributed by atoms with E-state index < -0.39 is 0 Å². The molecule has 4 nitrogen and oxygen atoms in total. The van der Waals surface area contributed by atoms with Crippen LogP contribution in [0.3, 0.4) is 0 Å². The summed E-state index contributed by atoms with van der Waals surface area (Å²) in [4.78, 5) is 9.41. The van der Waals surface area contributed by atoms with Crippen molar-refractivity contribution >= 4 is 11.6 Å². The molecule has 1 heterocycles. The van der Waals surface area contributed by atoms with Crippen molar-refractivity contribution in [2.75, 3.05) is 17.2 Å². The van der Waals surface area contributed by atoms with Gasteiger partial charge >= 0.3 is 0 Å². The Morgan fingerprint density at radius 3 is 2.52 bits per heavy atom. The van der Waals surface area contributed by atoms with Crippen LogP contribution in [-0.2, 0) is 0 Å². The Labute approximate surface area is 128 Å². The molecule has 0 aromatic carbocycles. The predicted molar refractivity (Wildman–Crippen MR) is 87.8 cm³/mol. The number of rotatable bonds is 5. The van der Waals surface area contributed by atoms with Gasteiger partial charge in [0, 0.05) is 24.6 Å². The van der Waals surface area contributed by atoms with Gasteiger partial charge in [-0.2, -0.15) is 0 Å². The van der Waals surface area contributed by atoms with E-state index in [1.807, 2.05) is 0 Å². The Bertz CT molecular complexity index is 484. The molecule has 0 saturated heterocycles. The Balaban J connectivity index is 1.74. The van der Waals surface area contributed by atoms with E-state index in [2.05, 4.69) is 42.5 Å². The van der Waals surface area contributed by atoms with Crippen molar-refractivity contribution in [3.05, 3.63) is 11.9 Å². The first-order valence-electron chi connectivity index (χ1n) is 8.55. The fourth-order valence-electron chi connectivity index (χ4n) is 3.41. The van der Waals surface area contributed by atoms with Crippen molar-refractivity contribution in [2.45, 2.75) is 64.8 Å². The molecule has 2 fully saturated rings. The molecule has 3 rings (SSSR count). The summed E-state index contributed by atoms with van der Waals surface area (Å²) in [5.41, 5.74) is 0. The normalized spacial score (nSPS) is 29.2. The van der Waals surface area contributed by atoms with Gasteiger partial charge in [-0.25, -0.2) is 9.97 Å². The first-order valence-corrected chi connectivity index (χ1v) is 8.55. The summed E-state index contributed by atoms with van der Waals surface area (Å²) in [5, 5.41) is 7.02. The average Bonchev–Trinajstić information content (AvgIpc) is 3.27. The van der Waals surface area contributed by atoms with Gasteiger partial charge in [0.05, 0.1) is 0 Å². The second-order valence-corrected chi connectivity index (χ2v) is 6.95. The van der Waals surface area contributed by atoms with Gasteiger partial charge in [0.2, 0.25) is 0 Å². The molecule has 0 spiro atoms. The van der Waals surface area contributed by atoms with Crippen LogP contribution in [0.1, 0.15) is 64.6 Å². The minimum atomic E-state index is 0.553. The van der Waals surface area contributed by atoms with Crippen LogP contribution in [0.25, 0.3) is 0 Å². The third kappa shape index (κ3) is 3.66. The largest absolute Gasteiger partial charge is 0.370 e. The molecule has 0 amide bonds. The molecule has 0 radical (unpaired) electrons. The summed E-state index contributed by atoms with van der Waals surface area (Å²) in [6.45, 7) is 7.74. The van der Waals surface area contributed by atoms with E-state index >= 15 is 0 Å². The summed E-state index contributed by atoms with van der Waals surface area (Å²) in [5.74, 6) is 5.17. The highest BCUT2D eigenvalue weighted by molar-refractivity contribution is 5.48. The Morgan fingerprint density at radius 2 is 1.86 bits per heavy atom. The van der Waals surface area contributed by atoms with E-state index in [4.69, 9.17) is 4.98 Å². The lowest BCUT2D eigenvalue weighted by Crippen LogP contribution is -2.33. The number of nitrogens with zero attached hydrogens (tertiary/aromatic N) is 2. The fourth-order valence-corrected chi connectivity index (χ4v) is 3.41. The minimum Gasteiger partial charge on any atom is -0.370 e. The topological polar surface area (TPSA) is 49.8 Å². The predicted octanol–water partition coefficient (Wildman–Crippen LogP) is 4.02. The maximum absolute atomic E-state index is 4.76. The van der Waals surface area contributed by atoms with Crippen LogP contribution in [0.4, 0.5) is 11.6 Å². The second-order valence-electron chi connectivity index (χ2n) is 6.95. The molecule has 1 aromatic rings. The van der Waals surface area contributed by atoms with E-state index in [1.165, 1.54) is 32.1 Å². The molecule has 0 bridgehead atoms. The summed E-state index contributed by atoms with van der Waals surface area (Å²) in [7, 11) is 0. The monoisotopic (exact) mass is 288 g/mol. The van der Waals surface area contributed by atoms with Crippen molar-refractivity contribution in [1.82, 2.24) is 9.97 Å². The summed E-state index contributed by atoms with van der Waals surface area (Å²) < 4.78 is 0. The van der Waals surface area contributed by atoms with Gasteiger partial charge in [-0.15, -0.1) is 0 Å². The Hall–Kier alpha value is -1.32. The van der Waals surface area contributed by atoms with Gasteiger partial charge in [-0.05, 0) is 50.9 Å². The number of hydrogen-bond acceptors (Lipinski definition) is 4. The third-order valence-corrected chi connectivity index (χ3v) is 4.81. The standard InChI is InChI=1S/C17H28N4/c1-4-18-15-10-16(21-17(20-15)13-6-7-13)19-14-8-5-11(2)9-12(14)3/h10-14H,4-9H2,1-3H3,(H2,18,19,20,21). The maximum atomic E-state index is 4.76. The molecule has 2 N–H and O–H groups in total. The van der Waals surface area contributed by atoms with Gasteiger partial charge in [0.15, 0.2) is 0 Å². The molecule has 0 aliphatic heterocycles. The van der Waals surface area contributed by atoms with Crippen LogP contribution in [0.2, 0.25) is 0 Å². The number of anilines is 2. The Morgan fingerprint density at radius 1 is 1.10 bits per heavy atom. The van der Waals surface area contributed by atoms with Gasteiger partial charge in [0.1, 0.15) is 17.5 Å². The smallest absolute Gasteiger partial charge is 0.136 e. The van der Waals surface area contributed by atoms with E-state index in [9.17, 15) is 0 Å². The number of hydrogen-bond donors (Lipinski definition) is 2. The highest BCUT2D eigenvalue weighted by atomic mass is 15.1. The zero-order chi connectivity index (χ0) is 14.8. The molecule has 116 valence electrons. The summed E-state index contributed by atoms with van der Waals surface area (Å²) in [6, 6.07) is 2.62. The van der Waals surface area contributed by atoms with Crippen LogP contribution in [-0.4, -0.2) is 22.6 Å². The average molecular weight is 288 g/mol. The third-order valence-electron chi connectivity index (χ3n) is 4.81. The lowest BCUT2D eigenvalue weighted by atomic mass is 9.80. The van der Waals surface area contributed by atoms with Crippen LogP contribution >= 0.6 is 0 Å². The lowest BCUT2D eigenvalue weighted by molar-refractivity contribution is 0.276.